The first kappa shape index (κ1) is 19.7. The molecule has 0 aliphatic carbocycles. The van der Waals surface area contributed by atoms with E-state index in [4.69, 9.17) is 4.74 Å². The summed E-state index contributed by atoms with van der Waals surface area (Å²) in [7, 11) is 0.677. The Morgan fingerprint density at radius 1 is 1.36 bits per heavy atom. The molecule has 1 aromatic carbocycles. The fraction of sp³-hybridized carbons (Fsp3) is 0.588. The third-order valence-corrected chi connectivity index (χ3v) is 6.51. The number of anilines is 1. The lowest BCUT2D eigenvalue weighted by Gasteiger charge is -2.29. The lowest BCUT2D eigenvalue weighted by atomic mass is 10.0. The maximum atomic E-state index is 12.4. The molecular formula is C17H28N3O4S+. The number of carbonyl (C=O) groups excluding carboxylic acids is 1. The van der Waals surface area contributed by atoms with Gasteiger partial charge in [-0.25, -0.2) is 12.7 Å². The molecule has 7 nitrogen and oxygen atoms in total. The van der Waals surface area contributed by atoms with Crippen molar-refractivity contribution in [2.45, 2.75) is 37.1 Å². The molecule has 1 fully saturated rings. The van der Waals surface area contributed by atoms with Crippen LogP contribution in [-0.2, 0) is 14.8 Å². The number of quaternary nitrogens is 1. The van der Waals surface area contributed by atoms with Crippen LogP contribution in [0.1, 0.15) is 26.2 Å². The van der Waals surface area contributed by atoms with E-state index in [1.165, 1.54) is 38.6 Å². The van der Waals surface area contributed by atoms with Gasteiger partial charge in [-0.1, -0.05) is 0 Å². The number of likely N-dealkylation sites (tertiary alicyclic amines) is 1. The lowest BCUT2D eigenvalue weighted by molar-refractivity contribution is -0.920. The predicted molar refractivity (Wildman–Crippen MR) is 96.5 cm³/mol. The first-order chi connectivity index (χ1) is 11.8. The van der Waals surface area contributed by atoms with E-state index in [1.54, 1.807) is 12.1 Å². The standard InChI is InChI=1S/C17H27N3O4S/c1-13-7-5-6-10-20(13)12-17(21)18-14-8-9-15(24-4)16(11-14)25(22,23)19(2)3/h8-9,11,13H,5-7,10,12H2,1-4H3,(H,18,21)/p+1/t13-/m0/s1. The van der Waals surface area contributed by atoms with Gasteiger partial charge in [0.2, 0.25) is 10.0 Å². The van der Waals surface area contributed by atoms with Gasteiger partial charge in [0.05, 0.1) is 19.7 Å². The van der Waals surface area contributed by atoms with E-state index in [1.807, 2.05) is 0 Å². The maximum Gasteiger partial charge on any atom is 0.279 e. The molecule has 1 aliphatic heterocycles. The molecule has 1 aromatic rings. The summed E-state index contributed by atoms with van der Waals surface area (Å²) in [5, 5.41) is 2.81. The zero-order valence-corrected chi connectivity index (χ0v) is 16.1. The van der Waals surface area contributed by atoms with E-state index < -0.39 is 10.0 Å². The lowest BCUT2D eigenvalue weighted by Crippen LogP contribution is -3.17. The third kappa shape index (κ3) is 4.71. The van der Waals surface area contributed by atoms with E-state index >= 15 is 0 Å². The highest BCUT2D eigenvalue weighted by atomic mass is 32.2. The van der Waals surface area contributed by atoms with Crippen molar-refractivity contribution in [3.05, 3.63) is 18.2 Å². The predicted octanol–water partition coefficient (Wildman–Crippen LogP) is 0.341. The smallest absolute Gasteiger partial charge is 0.279 e. The number of hydrogen-bond acceptors (Lipinski definition) is 4. The SMILES string of the molecule is COc1ccc(NC(=O)C[NH+]2CCCC[C@@H]2C)cc1S(=O)(=O)N(C)C. The van der Waals surface area contributed by atoms with Crippen LogP contribution in [0.5, 0.6) is 5.75 Å². The van der Waals surface area contributed by atoms with Crippen LogP contribution in [-0.4, -0.2) is 59.0 Å². The number of nitrogens with one attached hydrogen (secondary N) is 2. The highest BCUT2D eigenvalue weighted by Gasteiger charge is 2.25. The summed E-state index contributed by atoms with van der Waals surface area (Å²) < 4.78 is 31.2. The molecule has 1 heterocycles. The summed E-state index contributed by atoms with van der Waals surface area (Å²) in [5.74, 6) is 0.143. The van der Waals surface area contributed by atoms with Gasteiger partial charge < -0.3 is 15.0 Å². The largest absolute Gasteiger partial charge is 0.495 e. The van der Waals surface area contributed by atoms with Crippen molar-refractivity contribution in [2.24, 2.45) is 0 Å². The van der Waals surface area contributed by atoms with E-state index in [2.05, 4.69) is 12.2 Å². The Morgan fingerprint density at radius 3 is 2.68 bits per heavy atom. The van der Waals surface area contributed by atoms with E-state index in [-0.39, 0.29) is 16.6 Å². The van der Waals surface area contributed by atoms with Crippen LogP contribution in [0, 0.1) is 0 Å². The second kappa shape index (κ2) is 8.16. The van der Waals surface area contributed by atoms with Gasteiger partial charge in [0.1, 0.15) is 10.6 Å². The normalized spacial score (nSPS) is 21.2. The van der Waals surface area contributed by atoms with Gasteiger partial charge in [0.25, 0.3) is 5.91 Å². The molecule has 1 saturated heterocycles. The molecule has 8 heteroatoms. The molecule has 2 N–H and O–H groups in total. The van der Waals surface area contributed by atoms with Crippen molar-refractivity contribution in [2.75, 3.05) is 39.6 Å². The molecule has 25 heavy (non-hydrogen) atoms. The van der Waals surface area contributed by atoms with Crippen molar-refractivity contribution >= 4 is 21.6 Å². The van der Waals surface area contributed by atoms with Gasteiger partial charge in [-0.15, -0.1) is 0 Å². The minimum absolute atomic E-state index is 0.0384. The topological polar surface area (TPSA) is 80.1 Å². The molecule has 2 rings (SSSR count). The quantitative estimate of drug-likeness (QED) is 0.757. The van der Waals surface area contributed by atoms with Gasteiger partial charge in [-0.2, -0.15) is 0 Å². The first-order valence-corrected chi connectivity index (χ1v) is 9.94. The second-order valence-corrected chi connectivity index (χ2v) is 8.80. The highest BCUT2D eigenvalue weighted by molar-refractivity contribution is 7.89. The van der Waals surface area contributed by atoms with Crippen molar-refractivity contribution in [3.63, 3.8) is 0 Å². The molecule has 0 radical (unpaired) electrons. The summed E-state index contributed by atoms with van der Waals surface area (Å²) in [5.41, 5.74) is 0.454. The van der Waals surface area contributed by atoms with Crippen LogP contribution >= 0.6 is 0 Å². The molecular weight excluding hydrogens is 342 g/mol. The fourth-order valence-corrected chi connectivity index (χ4v) is 4.15. The number of hydrogen-bond donors (Lipinski definition) is 2. The number of carbonyl (C=O) groups is 1. The van der Waals surface area contributed by atoms with Crippen LogP contribution in [0.25, 0.3) is 0 Å². The number of piperidine rings is 1. The monoisotopic (exact) mass is 370 g/mol. The molecule has 0 spiro atoms. The van der Waals surface area contributed by atoms with Crippen LogP contribution in [0.4, 0.5) is 5.69 Å². The number of rotatable bonds is 6. The van der Waals surface area contributed by atoms with Crippen molar-refractivity contribution in [3.8, 4) is 5.75 Å². The van der Waals surface area contributed by atoms with Crippen molar-refractivity contribution in [1.29, 1.82) is 0 Å². The van der Waals surface area contributed by atoms with Gasteiger partial charge in [-0.3, -0.25) is 4.79 Å². The van der Waals surface area contributed by atoms with E-state index in [9.17, 15) is 13.2 Å². The van der Waals surface area contributed by atoms with E-state index in [0.29, 0.717) is 18.3 Å². The number of methoxy groups -OCH3 is 1. The summed E-state index contributed by atoms with van der Waals surface area (Å²) in [6.45, 7) is 3.55. The molecule has 0 bridgehead atoms. The molecule has 0 saturated carbocycles. The second-order valence-electron chi connectivity index (χ2n) is 6.68. The first-order valence-electron chi connectivity index (χ1n) is 8.50. The Labute approximate surface area is 150 Å². The van der Waals surface area contributed by atoms with E-state index in [0.717, 1.165) is 23.7 Å². The van der Waals surface area contributed by atoms with Crippen LogP contribution in [0.3, 0.4) is 0 Å². The van der Waals surface area contributed by atoms with Crippen LogP contribution in [0.15, 0.2) is 23.1 Å². The average Bonchev–Trinajstić information content (AvgIpc) is 2.56. The summed E-state index contributed by atoms with van der Waals surface area (Å²) in [6.07, 6.45) is 3.49. The summed E-state index contributed by atoms with van der Waals surface area (Å²) in [6, 6.07) is 5.13. The number of benzene rings is 1. The molecule has 2 atom stereocenters. The van der Waals surface area contributed by atoms with Gasteiger partial charge in [0.15, 0.2) is 6.54 Å². The fourth-order valence-electron chi connectivity index (χ4n) is 3.08. The number of amides is 1. The molecule has 1 aliphatic rings. The van der Waals surface area contributed by atoms with Crippen molar-refractivity contribution < 1.29 is 22.8 Å². The van der Waals surface area contributed by atoms with Crippen molar-refractivity contribution in [1.82, 2.24) is 4.31 Å². The Balaban J connectivity index is 2.16. The Bertz CT molecular complexity index is 719. The number of nitrogens with zero attached hydrogens (tertiary/aromatic N) is 1. The minimum Gasteiger partial charge on any atom is -0.495 e. The molecule has 1 unspecified atom stereocenters. The minimum atomic E-state index is -3.66. The van der Waals surface area contributed by atoms with Gasteiger partial charge in [-0.05, 0) is 44.4 Å². The highest BCUT2D eigenvalue weighted by Crippen LogP contribution is 2.28. The maximum absolute atomic E-state index is 12.4. The third-order valence-electron chi connectivity index (χ3n) is 4.68. The van der Waals surface area contributed by atoms with Crippen LogP contribution in [0.2, 0.25) is 0 Å². The molecule has 1 amide bonds. The molecule has 140 valence electrons. The Kier molecular flexibility index (Phi) is 6.42. The Hall–Kier alpha value is -1.64. The summed E-state index contributed by atoms with van der Waals surface area (Å²) >= 11 is 0. The molecule has 0 aromatic heterocycles. The van der Waals surface area contributed by atoms with Gasteiger partial charge in [0, 0.05) is 19.8 Å². The average molecular weight is 370 g/mol. The Morgan fingerprint density at radius 2 is 2.08 bits per heavy atom. The number of ether oxygens (including phenoxy) is 1. The zero-order valence-electron chi connectivity index (χ0n) is 15.3. The van der Waals surface area contributed by atoms with Gasteiger partial charge >= 0.3 is 0 Å². The van der Waals surface area contributed by atoms with Crippen LogP contribution < -0.4 is 15.0 Å². The summed E-state index contributed by atoms with van der Waals surface area (Å²) in [4.78, 5) is 13.7. The zero-order chi connectivity index (χ0) is 18.6. The number of sulfonamides is 1.